The maximum atomic E-state index is 7.00. The zero-order valence-electron chi connectivity index (χ0n) is 62.7. The highest BCUT2D eigenvalue weighted by Gasteiger charge is 2.40. The van der Waals surface area contributed by atoms with Gasteiger partial charge in [-0.1, -0.05) is 0 Å². The van der Waals surface area contributed by atoms with Crippen molar-refractivity contribution in [2.24, 2.45) is 5.73 Å². The molecule has 0 amide bonds. The zero-order chi connectivity index (χ0) is 72.1. The van der Waals surface area contributed by atoms with Gasteiger partial charge in [0.05, 0.1) is 204 Å². The fourth-order valence-corrected chi connectivity index (χ4v) is 11.8. The van der Waals surface area contributed by atoms with Gasteiger partial charge in [-0.25, -0.2) is 0 Å². The first kappa shape index (κ1) is 84.4. The molecule has 0 bridgehead atoms. The minimum absolute atomic E-state index is 0.00398. The van der Waals surface area contributed by atoms with Crippen molar-refractivity contribution in [3.63, 3.8) is 0 Å². The largest absolute Gasteiger partial charge is 0.376 e. The predicted octanol–water partition coefficient (Wildman–Crippen LogP) is 3.97. The van der Waals surface area contributed by atoms with E-state index in [1.807, 2.05) is 111 Å². The molecule has 8 aliphatic heterocycles. The summed E-state index contributed by atoms with van der Waals surface area (Å²) in [5.41, 5.74) is 7.00. The second kappa shape index (κ2) is 39.7. The van der Waals surface area contributed by atoms with Crippen molar-refractivity contribution in [2.45, 2.75) is 249 Å². The number of hydrogen-bond donors (Lipinski definition) is 1. The van der Waals surface area contributed by atoms with Crippen molar-refractivity contribution in [1.82, 2.24) is 0 Å². The van der Waals surface area contributed by atoms with Crippen molar-refractivity contribution >= 4 is 0 Å². The van der Waals surface area contributed by atoms with E-state index in [-0.39, 0.29) is 194 Å². The first-order chi connectivity index (χ1) is 47.2. The molecule has 100 heavy (non-hydrogen) atoms. The molecule has 586 valence electrons. The van der Waals surface area contributed by atoms with Gasteiger partial charge in [0, 0.05) is 0 Å². The highest BCUT2D eigenvalue weighted by molar-refractivity contribution is 4.79. The fraction of sp³-hybridized carbons (Fsp3) is 1.00. The van der Waals surface area contributed by atoms with Crippen molar-refractivity contribution in [1.29, 1.82) is 0 Å². The van der Waals surface area contributed by atoms with Crippen LogP contribution in [0.5, 0.6) is 0 Å². The van der Waals surface area contributed by atoms with Crippen LogP contribution in [0, 0.1) is 0 Å². The Bertz CT molecular complexity index is 1860. The average molecular weight is 1450 g/mol. The molecule has 8 fully saturated rings. The van der Waals surface area contributed by atoms with Gasteiger partial charge in [0.1, 0.15) is 85.5 Å². The lowest BCUT2D eigenvalue weighted by Gasteiger charge is -2.28. The summed E-state index contributed by atoms with van der Waals surface area (Å²) in [4.78, 5) is 0. The Balaban J connectivity index is 0.956. The van der Waals surface area contributed by atoms with Crippen LogP contribution in [0.3, 0.4) is 0 Å². The van der Waals surface area contributed by atoms with Crippen molar-refractivity contribution in [2.75, 3.05) is 198 Å². The van der Waals surface area contributed by atoms with Gasteiger partial charge in [-0.3, -0.25) is 0 Å². The van der Waals surface area contributed by atoms with Crippen LogP contribution in [0.1, 0.15) is 111 Å². The minimum Gasteiger partial charge on any atom is -0.376 e. The summed E-state index contributed by atoms with van der Waals surface area (Å²) in [5, 5.41) is 0. The summed E-state index contributed by atoms with van der Waals surface area (Å²) in [6.07, 6.45) is -5.86. The second-order valence-corrected chi connectivity index (χ2v) is 30.4. The molecule has 8 atom stereocenters. The normalized spacial score (nSPS) is 30.7. The van der Waals surface area contributed by atoms with E-state index in [1.54, 1.807) is 0 Å². The third kappa shape index (κ3) is 32.7. The molecular weight excluding hydrogens is 1320 g/mol. The van der Waals surface area contributed by atoms with Crippen LogP contribution in [0.15, 0.2) is 0 Å². The van der Waals surface area contributed by atoms with Crippen LogP contribution in [0.2, 0.25) is 0 Å². The van der Waals surface area contributed by atoms with Gasteiger partial charge in [0.25, 0.3) is 0 Å². The van der Waals surface area contributed by atoms with E-state index in [9.17, 15) is 0 Å². The average Bonchev–Trinajstić information content (AvgIpc) is 1.83. The van der Waals surface area contributed by atoms with Gasteiger partial charge < -0.3 is 148 Å². The molecule has 0 aromatic carbocycles. The molecule has 8 rings (SSSR count). The summed E-state index contributed by atoms with van der Waals surface area (Å²) in [6, 6.07) is -0.696. The number of hydrogen-bond acceptors (Lipinski definition) is 31. The molecule has 0 aromatic heterocycles. The van der Waals surface area contributed by atoms with E-state index in [4.69, 9.17) is 148 Å². The van der Waals surface area contributed by atoms with Gasteiger partial charge in [-0.15, -0.1) is 0 Å². The molecule has 8 saturated heterocycles. The first-order valence-corrected chi connectivity index (χ1v) is 35.8. The third-order valence-corrected chi connectivity index (χ3v) is 16.6. The van der Waals surface area contributed by atoms with Gasteiger partial charge in [0.15, 0.2) is 46.3 Å². The van der Waals surface area contributed by atoms with E-state index in [0.29, 0.717) is 52.9 Å². The predicted molar refractivity (Wildman–Crippen MR) is 352 cm³/mol. The molecule has 2 N–H and O–H groups in total. The lowest BCUT2D eigenvalue weighted by atomic mass is 10.3. The summed E-state index contributed by atoms with van der Waals surface area (Å²) in [5.74, 6) is -5.77. The topological polar surface area (TPSA) is 303 Å². The Labute approximate surface area is 592 Å². The maximum Gasteiger partial charge on any atom is 0.163 e. The van der Waals surface area contributed by atoms with Crippen molar-refractivity contribution in [3.05, 3.63) is 0 Å². The van der Waals surface area contributed by atoms with E-state index >= 15 is 0 Å². The third-order valence-electron chi connectivity index (χ3n) is 16.6. The molecule has 8 aliphatic rings. The number of rotatable bonds is 50. The highest BCUT2D eigenvalue weighted by atomic mass is 16.8. The Morgan fingerprint density at radius 2 is 0.350 bits per heavy atom. The van der Waals surface area contributed by atoms with Crippen LogP contribution in [0.25, 0.3) is 0 Å². The Morgan fingerprint density at radius 1 is 0.220 bits per heavy atom. The van der Waals surface area contributed by atoms with Crippen LogP contribution < -0.4 is 5.73 Å². The Morgan fingerprint density at radius 3 is 0.480 bits per heavy atom. The van der Waals surface area contributed by atoms with E-state index in [0.717, 1.165) is 0 Å². The molecule has 0 aliphatic carbocycles. The molecule has 8 heterocycles. The maximum absolute atomic E-state index is 7.00. The van der Waals surface area contributed by atoms with Gasteiger partial charge in [0.2, 0.25) is 0 Å². The number of nitrogens with two attached hydrogens (primary N) is 1. The van der Waals surface area contributed by atoms with Gasteiger partial charge in [-0.05, 0) is 111 Å². The van der Waals surface area contributed by atoms with Gasteiger partial charge >= 0.3 is 0 Å². The lowest BCUT2D eigenvalue weighted by Crippen LogP contribution is -2.42. The zero-order valence-corrected chi connectivity index (χ0v) is 62.7. The lowest BCUT2D eigenvalue weighted by molar-refractivity contribution is -0.162. The van der Waals surface area contributed by atoms with Crippen molar-refractivity contribution < 1.29 is 142 Å². The van der Waals surface area contributed by atoms with Gasteiger partial charge in [-0.2, -0.15) is 0 Å². The van der Waals surface area contributed by atoms with Crippen LogP contribution in [-0.2, 0) is 142 Å². The molecule has 31 nitrogen and oxygen atoms in total. The molecule has 31 heteroatoms. The summed E-state index contributed by atoms with van der Waals surface area (Å²) < 4.78 is 185. The second-order valence-electron chi connectivity index (χ2n) is 30.4. The van der Waals surface area contributed by atoms with Crippen molar-refractivity contribution in [3.8, 4) is 0 Å². The quantitative estimate of drug-likeness (QED) is 0.0901. The molecular formula is C69H125NO30. The smallest absolute Gasteiger partial charge is 0.163 e. The molecule has 0 aromatic rings. The Hall–Kier alpha value is -1.24. The SMILES string of the molecule is CC1(C)OCC(COCC(COCC2COC(C)(C)O2)OCC(COC(COCC2COC(C)(C)O2)COCC2COC(C)(C)O2)OCC(N)COC(COC(COCC2COC(C)(C)O2)COCC2COC(C)(C)O2)COC(COCC2COC(C)(C)O2)COCC2COC(C)(C)O2)O1. The van der Waals surface area contributed by atoms with E-state index in [2.05, 4.69) is 0 Å². The van der Waals surface area contributed by atoms with Crippen LogP contribution in [-0.4, -0.2) is 336 Å². The van der Waals surface area contributed by atoms with Crippen LogP contribution >= 0.6 is 0 Å². The Kier molecular flexibility index (Phi) is 33.5. The highest BCUT2D eigenvalue weighted by Crippen LogP contribution is 2.29. The van der Waals surface area contributed by atoms with E-state index < -0.39 is 89.0 Å². The monoisotopic (exact) mass is 1450 g/mol. The fourth-order valence-electron chi connectivity index (χ4n) is 11.8. The minimum atomic E-state index is -0.721. The van der Waals surface area contributed by atoms with Crippen LogP contribution in [0.4, 0.5) is 0 Å². The molecule has 0 saturated carbocycles. The summed E-state index contributed by atoms with van der Waals surface area (Å²) in [7, 11) is 0. The first-order valence-electron chi connectivity index (χ1n) is 35.8. The summed E-state index contributed by atoms with van der Waals surface area (Å²) >= 11 is 0. The standard InChI is InChI=1S/C69H125NO30/c1-62(2)85-39-54(93-62)27-71-19-48(20-72-28-55-40-86-63(3,4)94-55)81-35-52(36-82-49(21-73-29-56-41-87-64(5,6)95-56)22-74-30-57-42-88-65(7,8)96-57)79-17-47(70)18-80-53(37-83-50(23-75-31-58-43-89-66(9,10)97-58)24-76-32-59-44-90-67(11,12)98-59)38-84-51(25-77-33-60-45-91-68(13,14)99-60)26-78-34-61-46-92-69(15,16)100-61/h47-61H,17-46,70H2,1-16H3. The molecule has 0 spiro atoms. The number of ether oxygens (including phenoxy) is 30. The van der Waals surface area contributed by atoms with E-state index in [1.165, 1.54) is 0 Å². The summed E-state index contributed by atoms with van der Waals surface area (Å²) in [6.45, 7) is 36.6. The molecule has 0 radical (unpaired) electrons. The molecule has 8 unspecified atom stereocenters.